The molecule has 0 saturated carbocycles. The molecule has 0 aliphatic heterocycles. The third-order valence-corrected chi connectivity index (χ3v) is 2.72. The van der Waals surface area contributed by atoms with Crippen LogP contribution < -0.4 is 0 Å². The molecular formula is C12H12F3NO4. The van der Waals surface area contributed by atoms with Gasteiger partial charge in [0.25, 0.3) is 0 Å². The molecule has 0 fully saturated rings. The number of hydrogen-bond donors (Lipinski definition) is 0. The van der Waals surface area contributed by atoms with Crippen molar-refractivity contribution >= 4 is 5.97 Å². The Balaban J connectivity index is 3.19. The summed E-state index contributed by atoms with van der Waals surface area (Å²) in [7, 11) is 1.07. The van der Waals surface area contributed by atoms with E-state index in [1.54, 1.807) is 0 Å². The maximum Gasteiger partial charge on any atom is 0.416 e. The summed E-state index contributed by atoms with van der Waals surface area (Å²) >= 11 is 0. The van der Waals surface area contributed by atoms with E-state index in [0.29, 0.717) is 0 Å². The maximum absolute atomic E-state index is 12.9. The molecule has 1 rings (SSSR count). The van der Waals surface area contributed by atoms with Gasteiger partial charge in [-0.05, 0) is 11.6 Å². The molecule has 1 unspecified atom stereocenters. The predicted octanol–water partition coefficient (Wildman–Crippen LogP) is 2.63. The molecule has 0 saturated heterocycles. The van der Waals surface area contributed by atoms with Crippen LogP contribution in [0.5, 0.6) is 0 Å². The van der Waals surface area contributed by atoms with Crippen molar-refractivity contribution < 1.29 is 27.6 Å². The average molecular weight is 291 g/mol. The van der Waals surface area contributed by atoms with Gasteiger partial charge < -0.3 is 4.74 Å². The van der Waals surface area contributed by atoms with Crippen LogP contribution in [0.3, 0.4) is 0 Å². The van der Waals surface area contributed by atoms with Gasteiger partial charge >= 0.3 is 12.1 Å². The van der Waals surface area contributed by atoms with Crippen molar-refractivity contribution in [3.8, 4) is 0 Å². The second-order valence-electron chi connectivity index (χ2n) is 4.08. The maximum atomic E-state index is 12.9. The van der Waals surface area contributed by atoms with E-state index in [9.17, 15) is 28.1 Å². The number of benzene rings is 1. The standard InChI is InChI=1S/C12H12F3NO4/c1-20-11(17)6-8(7-16(18)19)9-4-2-3-5-10(9)12(13,14)15/h2-5,8H,6-7H2,1H3. The van der Waals surface area contributed by atoms with Crippen molar-refractivity contribution in [3.05, 3.63) is 45.5 Å². The van der Waals surface area contributed by atoms with Gasteiger partial charge in [-0.3, -0.25) is 14.9 Å². The number of carbonyl (C=O) groups excluding carboxylic acids is 1. The number of nitrogens with zero attached hydrogens (tertiary/aromatic N) is 1. The zero-order chi connectivity index (χ0) is 15.3. The highest BCUT2D eigenvalue weighted by Crippen LogP contribution is 2.36. The van der Waals surface area contributed by atoms with Gasteiger partial charge in [-0.15, -0.1) is 0 Å². The molecule has 1 atom stereocenters. The number of esters is 1. The topological polar surface area (TPSA) is 69.4 Å². The molecule has 1 aromatic rings. The Kier molecular flexibility index (Phi) is 5.06. The summed E-state index contributed by atoms with van der Waals surface area (Å²) in [5.74, 6) is -1.98. The lowest BCUT2D eigenvalue weighted by molar-refractivity contribution is -0.483. The number of halogens is 3. The second-order valence-corrected chi connectivity index (χ2v) is 4.08. The summed E-state index contributed by atoms with van der Waals surface area (Å²) in [4.78, 5) is 21.0. The van der Waals surface area contributed by atoms with Gasteiger partial charge in [0.05, 0.1) is 25.0 Å². The smallest absolute Gasteiger partial charge is 0.416 e. The summed E-state index contributed by atoms with van der Waals surface area (Å²) in [5, 5.41) is 10.6. The van der Waals surface area contributed by atoms with E-state index in [1.165, 1.54) is 12.1 Å². The molecule has 0 heterocycles. The number of alkyl halides is 3. The number of methoxy groups -OCH3 is 1. The lowest BCUT2D eigenvalue weighted by atomic mass is 9.91. The first-order chi connectivity index (χ1) is 9.25. The highest BCUT2D eigenvalue weighted by molar-refractivity contribution is 5.70. The Morgan fingerprint density at radius 1 is 1.40 bits per heavy atom. The number of carbonyl (C=O) groups is 1. The van der Waals surface area contributed by atoms with E-state index >= 15 is 0 Å². The Labute approximate surface area is 112 Å². The van der Waals surface area contributed by atoms with Gasteiger partial charge in [-0.2, -0.15) is 13.2 Å². The van der Waals surface area contributed by atoms with E-state index < -0.39 is 41.5 Å². The quantitative estimate of drug-likeness (QED) is 0.475. The normalized spacial score (nSPS) is 12.8. The summed E-state index contributed by atoms with van der Waals surface area (Å²) in [6.07, 6.45) is -5.12. The summed E-state index contributed by atoms with van der Waals surface area (Å²) in [6.45, 7) is -0.776. The monoisotopic (exact) mass is 291 g/mol. The number of ether oxygens (including phenoxy) is 1. The van der Waals surface area contributed by atoms with Crippen LogP contribution in [0.25, 0.3) is 0 Å². The van der Waals surface area contributed by atoms with E-state index in [4.69, 9.17) is 0 Å². The molecule has 0 aliphatic carbocycles. The van der Waals surface area contributed by atoms with E-state index in [-0.39, 0.29) is 5.56 Å². The highest BCUT2D eigenvalue weighted by atomic mass is 19.4. The van der Waals surface area contributed by atoms with E-state index in [2.05, 4.69) is 4.74 Å². The molecular weight excluding hydrogens is 279 g/mol. The van der Waals surface area contributed by atoms with Gasteiger partial charge in [-0.1, -0.05) is 18.2 Å². The first kappa shape index (κ1) is 15.9. The first-order valence-electron chi connectivity index (χ1n) is 5.60. The summed E-state index contributed by atoms with van der Waals surface area (Å²) < 4.78 is 43.0. The van der Waals surface area contributed by atoms with Crippen LogP contribution in [-0.2, 0) is 15.7 Å². The zero-order valence-electron chi connectivity index (χ0n) is 10.5. The largest absolute Gasteiger partial charge is 0.469 e. The predicted molar refractivity (Wildman–Crippen MR) is 62.7 cm³/mol. The molecule has 5 nitrogen and oxygen atoms in total. The fraction of sp³-hybridized carbons (Fsp3) is 0.417. The zero-order valence-corrected chi connectivity index (χ0v) is 10.5. The molecule has 0 N–H and O–H groups in total. The van der Waals surface area contributed by atoms with Crippen molar-refractivity contribution in [3.63, 3.8) is 0 Å². The van der Waals surface area contributed by atoms with Crippen molar-refractivity contribution in [2.24, 2.45) is 0 Å². The van der Waals surface area contributed by atoms with Gasteiger partial charge in [-0.25, -0.2) is 0 Å². The van der Waals surface area contributed by atoms with Crippen molar-refractivity contribution in [1.29, 1.82) is 0 Å². The average Bonchev–Trinajstić information content (AvgIpc) is 2.36. The molecule has 0 aliphatic rings. The van der Waals surface area contributed by atoms with Crippen LogP contribution >= 0.6 is 0 Å². The fourth-order valence-corrected chi connectivity index (χ4v) is 1.85. The lowest BCUT2D eigenvalue weighted by Gasteiger charge is -2.18. The van der Waals surface area contributed by atoms with Crippen LogP contribution in [0.1, 0.15) is 23.5 Å². The van der Waals surface area contributed by atoms with Crippen LogP contribution in [0, 0.1) is 10.1 Å². The minimum absolute atomic E-state index is 0.276. The Bertz CT molecular complexity index is 502. The number of nitro groups is 1. The SMILES string of the molecule is COC(=O)CC(C[N+](=O)[O-])c1ccccc1C(F)(F)F. The molecule has 110 valence electrons. The van der Waals surface area contributed by atoms with Crippen molar-refractivity contribution in [2.75, 3.05) is 13.7 Å². The van der Waals surface area contributed by atoms with Crippen LogP contribution in [0.15, 0.2) is 24.3 Å². The van der Waals surface area contributed by atoms with Gasteiger partial charge in [0.1, 0.15) is 0 Å². The van der Waals surface area contributed by atoms with E-state index in [0.717, 1.165) is 19.2 Å². The first-order valence-corrected chi connectivity index (χ1v) is 5.60. The molecule has 8 heteroatoms. The van der Waals surface area contributed by atoms with Gasteiger partial charge in [0.15, 0.2) is 0 Å². The third-order valence-electron chi connectivity index (χ3n) is 2.72. The Morgan fingerprint density at radius 3 is 2.50 bits per heavy atom. The van der Waals surface area contributed by atoms with Crippen LogP contribution in [0.4, 0.5) is 13.2 Å². The minimum Gasteiger partial charge on any atom is -0.469 e. The molecule has 1 aromatic carbocycles. The summed E-state index contributed by atoms with van der Waals surface area (Å²) in [5.41, 5.74) is -1.25. The minimum atomic E-state index is -4.64. The number of hydrogen-bond acceptors (Lipinski definition) is 4. The molecule has 0 bridgehead atoms. The molecule has 0 radical (unpaired) electrons. The third kappa shape index (κ3) is 4.22. The van der Waals surface area contributed by atoms with Crippen LogP contribution in [0.2, 0.25) is 0 Å². The Morgan fingerprint density at radius 2 is 2.00 bits per heavy atom. The van der Waals surface area contributed by atoms with Crippen molar-refractivity contribution in [2.45, 2.75) is 18.5 Å². The number of rotatable bonds is 5. The molecule has 20 heavy (non-hydrogen) atoms. The van der Waals surface area contributed by atoms with E-state index in [1.807, 2.05) is 0 Å². The van der Waals surface area contributed by atoms with Gasteiger partial charge in [0, 0.05) is 4.92 Å². The van der Waals surface area contributed by atoms with Crippen LogP contribution in [-0.4, -0.2) is 24.5 Å². The summed E-state index contributed by atoms with van der Waals surface area (Å²) in [6, 6.07) is 4.50. The Hall–Kier alpha value is -2.12. The fourth-order valence-electron chi connectivity index (χ4n) is 1.85. The highest BCUT2D eigenvalue weighted by Gasteiger charge is 2.36. The molecule has 0 amide bonds. The second kappa shape index (κ2) is 6.36. The van der Waals surface area contributed by atoms with Crippen molar-refractivity contribution in [1.82, 2.24) is 0 Å². The lowest BCUT2D eigenvalue weighted by Crippen LogP contribution is -2.21. The molecule has 0 spiro atoms. The van der Waals surface area contributed by atoms with Gasteiger partial charge in [0.2, 0.25) is 6.54 Å². The molecule has 0 aromatic heterocycles.